The van der Waals surface area contributed by atoms with E-state index in [0.717, 1.165) is 4.88 Å². The molecule has 5 heteroatoms. The Hall–Kier alpha value is -1.88. The fourth-order valence-electron chi connectivity index (χ4n) is 1.58. The average molecular weight is 262 g/mol. The maximum Gasteiger partial charge on any atom is 0.255 e. The SMILES string of the molecule is Cc1cc(CNC(=O)c2ccncc2O)sc1C. The van der Waals surface area contributed by atoms with Gasteiger partial charge in [0.25, 0.3) is 5.91 Å². The number of amides is 1. The predicted molar refractivity (Wildman–Crippen MR) is 70.9 cm³/mol. The van der Waals surface area contributed by atoms with E-state index in [-0.39, 0.29) is 17.2 Å². The molecule has 1 amide bonds. The summed E-state index contributed by atoms with van der Waals surface area (Å²) in [6.07, 6.45) is 2.74. The minimum absolute atomic E-state index is 0.103. The molecule has 0 radical (unpaired) electrons. The molecule has 0 aliphatic rings. The number of aryl methyl sites for hydroxylation is 2. The largest absolute Gasteiger partial charge is 0.505 e. The Labute approximate surface area is 109 Å². The first-order valence-corrected chi connectivity index (χ1v) is 6.36. The topological polar surface area (TPSA) is 62.2 Å². The normalized spacial score (nSPS) is 10.3. The van der Waals surface area contributed by atoms with Crippen LogP contribution in [0.1, 0.15) is 25.7 Å². The Morgan fingerprint density at radius 2 is 2.28 bits per heavy atom. The monoisotopic (exact) mass is 262 g/mol. The summed E-state index contributed by atoms with van der Waals surface area (Å²) in [4.78, 5) is 17.9. The second-order valence-electron chi connectivity index (χ2n) is 4.03. The number of carbonyl (C=O) groups is 1. The molecule has 18 heavy (non-hydrogen) atoms. The van der Waals surface area contributed by atoms with Crippen molar-refractivity contribution < 1.29 is 9.90 Å². The van der Waals surface area contributed by atoms with Gasteiger partial charge in [0.15, 0.2) is 0 Å². The van der Waals surface area contributed by atoms with Gasteiger partial charge >= 0.3 is 0 Å². The lowest BCUT2D eigenvalue weighted by Gasteiger charge is -2.04. The standard InChI is InChI=1S/C13H14N2O2S/c1-8-5-10(18-9(8)2)6-15-13(17)11-3-4-14-7-12(11)16/h3-5,7,16H,6H2,1-2H3,(H,15,17). The third kappa shape index (κ3) is 2.68. The molecular weight excluding hydrogens is 248 g/mol. The van der Waals surface area contributed by atoms with E-state index >= 15 is 0 Å². The van der Waals surface area contributed by atoms with Crippen LogP contribution in [-0.2, 0) is 6.54 Å². The highest BCUT2D eigenvalue weighted by Gasteiger charge is 2.10. The summed E-state index contributed by atoms with van der Waals surface area (Å²) >= 11 is 1.67. The van der Waals surface area contributed by atoms with Crippen molar-refractivity contribution >= 4 is 17.2 Å². The molecule has 4 nitrogen and oxygen atoms in total. The summed E-state index contributed by atoms with van der Waals surface area (Å²) in [5, 5.41) is 12.3. The summed E-state index contributed by atoms with van der Waals surface area (Å²) < 4.78 is 0. The van der Waals surface area contributed by atoms with Gasteiger partial charge in [-0.3, -0.25) is 9.78 Å². The molecule has 2 aromatic rings. The fourth-order valence-corrected chi connectivity index (χ4v) is 2.57. The van der Waals surface area contributed by atoms with E-state index in [2.05, 4.69) is 23.3 Å². The van der Waals surface area contributed by atoms with E-state index in [1.807, 2.05) is 6.92 Å². The van der Waals surface area contributed by atoms with Gasteiger partial charge in [0.05, 0.1) is 18.3 Å². The van der Waals surface area contributed by atoms with Crippen LogP contribution in [0.3, 0.4) is 0 Å². The van der Waals surface area contributed by atoms with Crippen molar-refractivity contribution in [3.8, 4) is 5.75 Å². The van der Waals surface area contributed by atoms with Gasteiger partial charge < -0.3 is 10.4 Å². The third-order valence-electron chi connectivity index (χ3n) is 2.68. The number of aromatic nitrogens is 1. The van der Waals surface area contributed by atoms with Gasteiger partial charge in [-0.25, -0.2) is 0 Å². The van der Waals surface area contributed by atoms with E-state index in [0.29, 0.717) is 6.54 Å². The number of pyridine rings is 1. The molecular formula is C13H14N2O2S. The minimum atomic E-state index is -0.293. The highest BCUT2D eigenvalue weighted by molar-refractivity contribution is 7.12. The smallest absolute Gasteiger partial charge is 0.255 e. The Morgan fingerprint density at radius 3 is 2.89 bits per heavy atom. The van der Waals surface area contributed by atoms with E-state index in [1.54, 1.807) is 11.3 Å². The van der Waals surface area contributed by atoms with Crippen LogP contribution in [0.2, 0.25) is 0 Å². The minimum Gasteiger partial charge on any atom is -0.505 e. The summed E-state index contributed by atoms with van der Waals surface area (Å²) in [7, 11) is 0. The van der Waals surface area contributed by atoms with Crippen LogP contribution >= 0.6 is 11.3 Å². The van der Waals surface area contributed by atoms with Crippen LogP contribution in [0.15, 0.2) is 24.5 Å². The van der Waals surface area contributed by atoms with E-state index in [1.165, 1.54) is 28.9 Å². The van der Waals surface area contributed by atoms with Crippen molar-refractivity contribution in [1.82, 2.24) is 10.3 Å². The molecule has 0 fully saturated rings. The molecule has 2 aromatic heterocycles. The molecule has 0 saturated carbocycles. The molecule has 0 aliphatic carbocycles. The van der Waals surface area contributed by atoms with Crippen molar-refractivity contribution in [2.75, 3.05) is 0 Å². The van der Waals surface area contributed by atoms with Crippen molar-refractivity contribution in [3.05, 3.63) is 45.4 Å². The molecule has 2 rings (SSSR count). The molecule has 2 N–H and O–H groups in total. The van der Waals surface area contributed by atoms with Gasteiger partial charge in [0.1, 0.15) is 5.75 Å². The van der Waals surface area contributed by atoms with Crippen LogP contribution in [0.25, 0.3) is 0 Å². The molecule has 0 unspecified atom stereocenters. The molecule has 94 valence electrons. The number of thiophene rings is 1. The van der Waals surface area contributed by atoms with Crippen LogP contribution in [0.4, 0.5) is 0 Å². The van der Waals surface area contributed by atoms with Gasteiger partial charge in [0.2, 0.25) is 0 Å². The number of rotatable bonds is 3. The zero-order valence-corrected chi connectivity index (χ0v) is 11.0. The third-order valence-corrected chi connectivity index (χ3v) is 3.84. The Balaban J connectivity index is 2.03. The molecule has 0 bridgehead atoms. The lowest BCUT2D eigenvalue weighted by atomic mass is 10.2. The molecule has 2 heterocycles. The average Bonchev–Trinajstić information content (AvgIpc) is 2.66. The van der Waals surface area contributed by atoms with Gasteiger partial charge in [0, 0.05) is 16.0 Å². The first-order valence-electron chi connectivity index (χ1n) is 5.55. The predicted octanol–water partition coefficient (Wildman–Crippen LogP) is 2.40. The zero-order chi connectivity index (χ0) is 13.1. The maximum absolute atomic E-state index is 11.8. The number of hydrogen-bond acceptors (Lipinski definition) is 4. The van der Waals surface area contributed by atoms with E-state index < -0.39 is 0 Å². The van der Waals surface area contributed by atoms with Gasteiger partial charge in [-0.15, -0.1) is 11.3 Å². The summed E-state index contributed by atoms with van der Waals surface area (Å²) in [6.45, 7) is 4.58. The van der Waals surface area contributed by atoms with Crippen LogP contribution in [-0.4, -0.2) is 16.0 Å². The van der Waals surface area contributed by atoms with Crippen LogP contribution in [0, 0.1) is 13.8 Å². The maximum atomic E-state index is 11.8. The summed E-state index contributed by atoms with van der Waals surface area (Å²) in [5.41, 5.74) is 1.48. The second-order valence-corrected chi connectivity index (χ2v) is 5.37. The summed E-state index contributed by atoms with van der Waals surface area (Å²) in [5.74, 6) is -0.396. The Morgan fingerprint density at radius 1 is 1.50 bits per heavy atom. The number of nitrogens with one attached hydrogen (secondary N) is 1. The van der Waals surface area contributed by atoms with E-state index in [9.17, 15) is 9.90 Å². The van der Waals surface area contributed by atoms with Crippen molar-refractivity contribution in [2.24, 2.45) is 0 Å². The number of nitrogens with zero attached hydrogens (tertiary/aromatic N) is 1. The highest BCUT2D eigenvalue weighted by atomic mass is 32.1. The van der Waals surface area contributed by atoms with Crippen molar-refractivity contribution in [3.63, 3.8) is 0 Å². The van der Waals surface area contributed by atoms with E-state index in [4.69, 9.17) is 0 Å². The Bertz CT molecular complexity index is 559. The molecule has 0 atom stereocenters. The quantitative estimate of drug-likeness (QED) is 0.892. The molecule has 0 aromatic carbocycles. The van der Waals surface area contributed by atoms with Crippen LogP contribution < -0.4 is 5.32 Å². The fraction of sp³-hybridized carbons (Fsp3) is 0.231. The number of hydrogen-bond donors (Lipinski definition) is 2. The zero-order valence-electron chi connectivity index (χ0n) is 10.2. The first-order chi connectivity index (χ1) is 8.58. The van der Waals surface area contributed by atoms with Gasteiger partial charge in [-0.05, 0) is 31.5 Å². The van der Waals surface area contributed by atoms with Crippen molar-refractivity contribution in [1.29, 1.82) is 0 Å². The van der Waals surface area contributed by atoms with Gasteiger partial charge in [-0.1, -0.05) is 0 Å². The molecule has 0 saturated heterocycles. The lowest BCUT2D eigenvalue weighted by Crippen LogP contribution is -2.22. The molecule has 0 spiro atoms. The molecule has 0 aliphatic heterocycles. The Kier molecular flexibility index (Phi) is 3.62. The van der Waals surface area contributed by atoms with Crippen LogP contribution in [0.5, 0.6) is 5.75 Å². The second kappa shape index (κ2) is 5.18. The highest BCUT2D eigenvalue weighted by Crippen LogP contribution is 2.20. The lowest BCUT2D eigenvalue weighted by molar-refractivity contribution is 0.0948. The van der Waals surface area contributed by atoms with Gasteiger partial charge in [-0.2, -0.15) is 0 Å². The number of aromatic hydroxyl groups is 1. The number of carbonyl (C=O) groups excluding carboxylic acids is 1. The van der Waals surface area contributed by atoms with Crippen molar-refractivity contribution in [2.45, 2.75) is 20.4 Å². The summed E-state index contributed by atoms with van der Waals surface area (Å²) in [6, 6.07) is 3.56. The first kappa shape index (κ1) is 12.6.